The normalized spacial score (nSPS) is 10.4. The number of hydrogen-bond donors (Lipinski definition) is 1. The van der Waals surface area contributed by atoms with Crippen molar-refractivity contribution in [2.75, 3.05) is 26.1 Å². The zero-order chi connectivity index (χ0) is 18.5. The minimum absolute atomic E-state index is 0.289. The summed E-state index contributed by atoms with van der Waals surface area (Å²) in [6, 6.07) is 13.0. The van der Waals surface area contributed by atoms with Crippen molar-refractivity contribution in [1.29, 1.82) is 0 Å². The summed E-state index contributed by atoms with van der Waals surface area (Å²) in [5, 5.41) is 4.07. The first-order valence-electron chi connectivity index (χ1n) is 8.21. The Morgan fingerprint density at radius 3 is 2.38 bits per heavy atom. The topological polar surface area (TPSA) is 69.7 Å². The summed E-state index contributed by atoms with van der Waals surface area (Å²) < 4.78 is 15.7. The number of benzene rings is 2. The zero-order valence-corrected chi connectivity index (χ0v) is 14.9. The number of carbonyl (C=O) groups is 1. The minimum atomic E-state index is -0.430. The largest absolute Gasteiger partial charge is 0.497 e. The second-order valence-corrected chi connectivity index (χ2v) is 5.50. The number of ether oxygens (including phenoxy) is 3. The quantitative estimate of drug-likeness (QED) is 0.672. The van der Waals surface area contributed by atoms with Crippen molar-refractivity contribution in [3.63, 3.8) is 0 Å². The number of fused-ring (bicyclic) bond motifs is 1. The molecule has 0 spiro atoms. The molecule has 26 heavy (non-hydrogen) atoms. The van der Waals surface area contributed by atoms with Gasteiger partial charge in [-0.1, -0.05) is 0 Å². The Kier molecular flexibility index (Phi) is 5.22. The summed E-state index contributed by atoms with van der Waals surface area (Å²) in [5.74, 6) is 1.00. The highest BCUT2D eigenvalue weighted by molar-refractivity contribution is 6.06. The third kappa shape index (κ3) is 3.54. The Labute approximate surface area is 151 Å². The van der Waals surface area contributed by atoms with Gasteiger partial charge in [-0.2, -0.15) is 0 Å². The molecule has 0 aliphatic heterocycles. The number of esters is 1. The third-order valence-electron chi connectivity index (χ3n) is 3.93. The summed E-state index contributed by atoms with van der Waals surface area (Å²) in [7, 11) is 3.21. The number of methoxy groups -OCH3 is 2. The highest BCUT2D eigenvalue weighted by Gasteiger charge is 2.17. The van der Waals surface area contributed by atoms with Gasteiger partial charge in [-0.3, -0.25) is 4.98 Å². The van der Waals surface area contributed by atoms with E-state index < -0.39 is 5.97 Å². The molecule has 3 aromatic rings. The maximum absolute atomic E-state index is 12.4. The second-order valence-electron chi connectivity index (χ2n) is 5.50. The Hall–Kier alpha value is -3.28. The third-order valence-corrected chi connectivity index (χ3v) is 3.93. The van der Waals surface area contributed by atoms with E-state index in [2.05, 4.69) is 10.3 Å². The Morgan fingerprint density at radius 2 is 1.73 bits per heavy atom. The Balaban J connectivity index is 2.13. The molecule has 0 aliphatic rings. The van der Waals surface area contributed by atoms with E-state index in [0.717, 1.165) is 22.3 Å². The lowest BCUT2D eigenvalue weighted by atomic mass is 10.1. The van der Waals surface area contributed by atoms with Gasteiger partial charge in [0.05, 0.1) is 32.0 Å². The zero-order valence-electron chi connectivity index (χ0n) is 14.9. The van der Waals surface area contributed by atoms with E-state index >= 15 is 0 Å². The van der Waals surface area contributed by atoms with Crippen LogP contribution >= 0.6 is 0 Å². The molecular formula is C20H20N2O4. The van der Waals surface area contributed by atoms with Crippen LogP contribution in [0.4, 0.5) is 11.4 Å². The lowest BCUT2D eigenvalue weighted by molar-refractivity contribution is 0.0527. The summed E-state index contributed by atoms with van der Waals surface area (Å²) in [5.41, 5.74) is 2.54. The van der Waals surface area contributed by atoms with Gasteiger partial charge in [0.25, 0.3) is 0 Å². The fraction of sp³-hybridized carbons (Fsp3) is 0.200. The molecule has 0 atom stereocenters. The van der Waals surface area contributed by atoms with Gasteiger partial charge >= 0.3 is 5.97 Å². The van der Waals surface area contributed by atoms with Crippen molar-refractivity contribution in [3.8, 4) is 11.5 Å². The number of nitrogens with one attached hydrogen (secondary N) is 1. The van der Waals surface area contributed by atoms with Crippen LogP contribution in [-0.4, -0.2) is 31.8 Å². The van der Waals surface area contributed by atoms with Crippen molar-refractivity contribution in [2.24, 2.45) is 0 Å². The van der Waals surface area contributed by atoms with Crippen molar-refractivity contribution in [3.05, 3.63) is 54.2 Å². The van der Waals surface area contributed by atoms with Crippen LogP contribution in [0.5, 0.6) is 11.5 Å². The standard InChI is InChI=1S/C20H20N2O4/c1-4-26-20(23)17-12-21-18-10-9-15(25-3)11-16(18)19(17)22-13-5-7-14(24-2)8-6-13/h5-12H,4H2,1-3H3,(H,21,22). The van der Waals surface area contributed by atoms with Crippen molar-refractivity contribution < 1.29 is 19.0 Å². The summed E-state index contributed by atoms with van der Waals surface area (Å²) >= 11 is 0. The average Bonchev–Trinajstić information content (AvgIpc) is 2.68. The van der Waals surface area contributed by atoms with Crippen LogP contribution in [0.3, 0.4) is 0 Å². The maximum atomic E-state index is 12.4. The average molecular weight is 352 g/mol. The van der Waals surface area contributed by atoms with Crippen LogP contribution in [-0.2, 0) is 4.74 Å². The molecule has 0 unspecified atom stereocenters. The predicted molar refractivity (Wildman–Crippen MR) is 101 cm³/mol. The first-order valence-corrected chi connectivity index (χ1v) is 8.21. The molecule has 0 saturated carbocycles. The smallest absolute Gasteiger partial charge is 0.341 e. The molecule has 2 aromatic carbocycles. The van der Waals surface area contributed by atoms with Crippen LogP contribution in [0.2, 0.25) is 0 Å². The van der Waals surface area contributed by atoms with Gasteiger partial charge in [-0.15, -0.1) is 0 Å². The Bertz CT molecular complexity index is 923. The summed E-state index contributed by atoms with van der Waals surface area (Å²) in [6.45, 7) is 2.06. The van der Waals surface area contributed by atoms with Gasteiger partial charge < -0.3 is 19.5 Å². The van der Waals surface area contributed by atoms with Crippen LogP contribution < -0.4 is 14.8 Å². The van der Waals surface area contributed by atoms with E-state index in [4.69, 9.17) is 14.2 Å². The number of rotatable bonds is 6. The molecule has 0 bridgehead atoms. The van der Waals surface area contributed by atoms with Crippen molar-refractivity contribution >= 4 is 28.2 Å². The lowest BCUT2D eigenvalue weighted by Gasteiger charge is -2.15. The highest BCUT2D eigenvalue weighted by Crippen LogP contribution is 2.32. The first kappa shape index (κ1) is 17.5. The molecule has 0 saturated heterocycles. The molecule has 1 N–H and O–H groups in total. The maximum Gasteiger partial charge on any atom is 0.341 e. The van der Waals surface area contributed by atoms with Gasteiger partial charge in [-0.05, 0) is 49.4 Å². The number of aromatic nitrogens is 1. The molecule has 0 aliphatic carbocycles. The van der Waals surface area contributed by atoms with Crippen LogP contribution in [0.1, 0.15) is 17.3 Å². The van der Waals surface area contributed by atoms with Gasteiger partial charge in [0.15, 0.2) is 0 Å². The molecule has 6 nitrogen and oxygen atoms in total. The number of pyridine rings is 1. The van der Waals surface area contributed by atoms with Gasteiger partial charge in [0.2, 0.25) is 0 Å². The van der Waals surface area contributed by atoms with Crippen LogP contribution in [0.15, 0.2) is 48.7 Å². The fourth-order valence-electron chi connectivity index (χ4n) is 2.62. The molecule has 0 fully saturated rings. The number of carbonyl (C=O) groups excluding carboxylic acids is 1. The molecule has 1 heterocycles. The fourth-order valence-corrected chi connectivity index (χ4v) is 2.62. The number of anilines is 2. The number of nitrogens with zero attached hydrogens (tertiary/aromatic N) is 1. The van der Waals surface area contributed by atoms with Gasteiger partial charge in [-0.25, -0.2) is 4.79 Å². The lowest BCUT2D eigenvalue weighted by Crippen LogP contribution is -2.09. The minimum Gasteiger partial charge on any atom is -0.497 e. The summed E-state index contributed by atoms with van der Waals surface area (Å²) in [4.78, 5) is 16.8. The van der Waals surface area contributed by atoms with Crippen molar-refractivity contribution in [1.82, 2.24) is 4.98 Å². The van der Waals surface area contributed by atoms with Gasteiger partial charge in [0, 0.05) is 17.3 Å². The molecule has 1 aromatic heterocycles. The van der Waals surface area contributed by atoms with E-state index in [-0.39, 0.29) is 6.61 Å². The first-order chi connectivity index (χ1) is 12.7. The molecule has 0 amide bonds. The molecule has 6 heteroatoms. The van der Waals surface area contributed by atoms with Crippen molar-refractivity contribution in [2.45, 2.75) is 6.92 Å². The number of hydrogen-bond acceptors (Lipinski definition) is 6. The van der Waals surface area contributed by atoms with Crippen LogP contribution in [0, 0.1) is 0 Å². The van der Waals surface area contributed by atoms with E-state index in [0.29, 0.717) is 17.0 Å². The van der Waals surface area contributed by atoms with E-state index in [1.807, 2.05) is 42.5 Å². The van der Waals surface area contributed by atoms with Crippen LogP contribution in [0.25, 0.3) is 10.9 Å². The van der Waals surface area contributed by atoms with E-state index in [9.17, 15) is 4.79 Å². The monoisotopic (exact) mass is 352 g/mol. The molecular weight excluding hydrogens is 332 g/mol. The van der Waals surface area contributed by atoms with E-state index in [1.54, 1.807) is 21.1 Å². The SMILES string of the molecule is CCOC(=O)c1cnc2ccc(OC)cc2c1Nc1ccc(OC)cc1. The molecule has 3 rings (SSSR count). The molecule has 0 radical (unpaired) electrons. The highest BCUT2D eigenvalue weighted by atomic mass is 16.5. The predicted octanol–water partition coefficient (Wildman–Crippen LogP) is 4.17. The van der Waals surface area contributed by atoms with Gasteiger partial charge in [0.1, 0.15) is 17.1 Å². The van der Waals surface area contributed by atoms with E-state index in [1.165, 1.54) is 6.20 Å². The Morgan fingerprint density at radius 1 is 1.04 bits per heavy atom. The second kappa shape index (κ2) is 7.74. The molecule has 134 valence electrons. The summed E-state index contributed by atoms with van der Waals surface area (Å²) in [6.07, 6.45) is 1.53.